The van der Waals surface area contributed by atoms with Crippen LogP contribution in [0.1, 0.15) is 50.6 Å². The lowest BCUT2D eigenvalue weighted by atomic mass is 10.00. The van der Waals surface area contributed by atoms with Gasteiger partial charge in [-0.15, -0.1) is 0 Å². The third-order valence-corrected chi connectivity index (χ3v) is 4.37. The fraction of sp³-hybridized carbons (Fsp3) is 0.450. The first kappa shape index (κ1) is 19.1. The van der Waals surface area contributed by atoms with Crippen LogP contribution in [0.15, 0.2) is 23.3 Å². The van der Waals surface area contributed by atoms with E-state index in [4.69, 9.17) is 15.1 Å². The molecule has 1 aliphatic rings. The lowest BCUT2D eigenvalue weighted by molar-refractivity contribution is 0.198. The molecule has 7 nitrogen and oxygen atoms in total. The Morgan fingerprint density at radius 2 is 2.11 bits per heavy atom. The molecular formula is C20H27N5O2. The zero-order valence-electron chi connectivity index (χ0n) is 16.5. The molecule has 144 valence electrons. The van der Waals surface area contributed by atoms with Gasteiger partial charge in [0.15, 0.2) is 5.84 Å². The van der Waals surface area contributed by atoms with Crippen LogP contribution < -0.4 is 10.1 Å². The van der Waals surface area contributed by atoms with Crippen LogP contribution in [0.3, 0.4) is 0 Å². The van der Waals surface area contributed by atoms with Crippen molar-refractivity contribution < 1.29 is 9.84 Å². The molecule has 2 aromatic rings. The summed E-state index contributed by atoms with van der Waals surface area (Å²) in [5.41, 5.74) is 3.40. The van der Waals surface area contributed by atoms with Gasteiger partial charge in [0.25, 0.3) is 0 Å². The van der Waals surface area contributed by atoms with E-state index < -0.39 is 6.10 Å². The quantitative estimate of drug-likeness (QED) is 0.572. The smallest absolute Gasteiger partial charge is 0.155 e. The van der Waals surface area contributed by atoms with Crippen LogP contribution >= 0.6 is 0 Å². The summed E-state index contributed by atoms with van der Waals surface area (Å²) in [6.45, 7) is 10.6. The van der Waals surface area contributed by atoms with Gasteiger partial charge in [-0.1, -0.05) is 0 Å². The number of aromatic nitrogens is 2. The molecule has 0 amide bonds. The number of fused-ring (bicyclic) bond motifs is 3. The summed E-state index contributed by atoms with van der Waals surface area (Å²) in [6, 6.07) is 4.09. The average Bonchev–Trinajstić information content (AvgIpc) is 2.90. The summed E-state index contributed by atoms with van der Waals surface area (Å²) < 4.78 is 7.95. The molecule has 3 rings (SSSR count). The number of amidine groups is 2. The Morgan fingerprint density at radius 3 is 2.74 bits per heavy atom. The number of nitrogens with one attached hydrogen (secondary N) is 2. The van der Waals surface area contributed by atoms with Crippen LogP contribution in [0, 0.1) is 12.3 Å². The maximum Gasteiger partial charge on any atom is 0.155 e. The van der Waals surface area contributed by atoms with Gasteiger partial charge in [-0.2, -0.15) is 0 Å². The van der Waals surface area contributed by atoms with E-state index in [1.807, 2.05) is 43.7 Å². The minimum atomic E-state index is -0.568. The lowest BCUT2D eigenvalue weighted by Crippen LogP contribution is -2.32. The zero-order chi connectivity index (χ0) is 19.7. The van der Waals surface area contributed by atoms with Gasteiger partial charge in [-0.3, -0.25) is 5.41 Å². The van der Waals surface area contributed by atoms with E-state index in [1.165, 1.54) is 0 Å². The summed E-state index contributed by atoms with van der Waals surface area (Å²) in [5, 5.41) is 21.1. The van der Waals surface area contributed by atoms with Crippen LogP contribution in [0.4, 0.5) is 0 Å². The van der Waals surface area contributed by atoms with E-state index in [2.05, 4.69) is 10.3 Å². The van der Waals surface area contributed by atoms with E-state index in [0.717, 1.165) is 28.3 Å². The van der Waals surface area contributed by atoms with E-state index >= 15 is 0 Å². The van der Waals surface area contributed by atoms with Gasteiger partial charge in [-0.05, 0) is 57.9 Å². The predicted octanol–water partition coefficient (Wildman–Crippen LogP) is 3.05. The molecule has 0 saturated carbocycles. The molecule has 0 spiro atoms. The second-order valence-electron chi connectivity index (χ2n) is 7.22. The lowest BCUT2D eigenvalue weighted by Gasteiger charge is -2.14. The maximum absolute atomic E-state index is 10.1. The average molecular weight is 369 g/mol. The number of benzene rings is 1. The van der Waals surface area contributed by atoms with Gasteiger partial charge in [0, 0.05) is 12.2 Å². The van der Waals surface area contributed by atoms with Crippen molar-refractivity contribution in [3.8, 4) is 17.1 Å². The highest BCUT2D eigenvalue weighted by Gasteiger charge is 2.22. The molecule has 0 saturated heterocycles. The molecule has 0 radical (unpaired) electrons. The van der Waals surface area contributed by atoms with Crippen molar-refractivity contribution in [2.45, 2.75) is 53.3 Å². The molecule has 0 aliphatic carbocycles. The Labute approximate surface area is 159 Å². The summed E-state index contributed by atoms with van der Waals surface area (Å²) in [7, 11) is 0. The fourth-order valence-electron chi connectivity index (χ4n) is 3.22. The third kappa shape index (κ3) is 4.03. The summed E-state index contributed by atoms with van der Waals surface area (Å²) in [4.78, 5) is 9.11. The number of aryl methyl sites for hydroxylation is 1. The van der Waals surface area contributed by atoms with Crippen molar-refractivity contribution in [3.05, 3.63) is 35.2 Å². The number of imidazole rings is 1. The fourth-order valence-corrected chi connectivity index (χ4v) is 3.22. The van der Waals surface area contributed by atoms with Crippen LogP contribution in [0.25, 0.3) is 11.4 Å². The van der Waals surface area contributed by atoms with E-state index in [9.17, 15) is 5.11 Å². The first-order valence-electron chi connectivity index (χ1n) is 9.20. The highest BCUT2D eigenvalue weighted by atomic mass is 16.5. The molecule has 0 bridgehead atoms. The van der Waals surface area contributed by atoms with Crippen LogP contribution in [-0.4, -0.2) is 39.0 Å². The SMILES string of the molecule is CC(=N)/N=C(\NC(C)C)c1cn2c(n1)-c1cc(C(C)O)c(C)cc1OCC2. The summed E-state index contributed by atoms with van der Waals surface area (Å²) in [6.07, 6.45) is 1.37. The Bertz CT molecular complexity index is 896. The molecule has 27 heavy (non-hydrogen) atoms. The topological polar surface area (TPSA) is 95.5 Å². The number of aliphatic hydroxyl groups excluding tert-OH is 1. The number of hydrogen-bond donors (Lipinski definition) is 3. The molecule has 1 aromatic heterocycles. The van der Waals surface area contributed by atoms with E-state index in [0.29, 0.717) is 24.7 Å². The van der Waals surface area contributed by atoms with Crippen molar-refractivity contribution >= 4 is 11.7 Å². The predicted molar refractivity (Wildman–Crippen MR) is 107 cm³/mol. The molecule has 0 fully saturated rings. The van der Waals surface area contributed by atoms with Crippen molar-refractivity contribution in [2.75, 3.05) is 6.61 Å². The highest BCUT2D eigenvalue weighted by molar-refractivity contribution is 6.04. The normalized spacial score (nSPS) is 14.9. The minimum Gasteiger partial charge on any atom is -0.491 e. The minimum absolute atomic E-state index is 0.171. The van der Waals surface area contributed by atoms with Gasteiger partial charge >= 0.3 is 0 Å². The molecule has 3 N–H and O–H groups in total. The molecule has 7 heteroatoms. The van der Waals surface area contributed by atoms with Crippen LogP contribution in [-0.2, 0) is 6.54 Å². The standard InChI is InChI=1S/C20H27N5O2/c1-11(2)22-19(23-14(5)21)17-10-25-6-7-27-18-8-12(3)15(13(4)26)9-16(18)20(25)24-17/h8-11,13,26H,6-7H2,1-5H3,(H2,21,22,23). The van der Waals surface area contributed by atoms with Gasteiger partial charge in [0.2, 0.25) is 0 Å². The Balaban J connectivity index is 2.13. The highest BCUT2D eigenvalue weighted by Crippen LogP contribution is 2.36. The number of rotatable bonds is 3. The monoisotopic (exact) mass is 369 g/mol. The summed E-state index contributed by atoms with van der Waals surface area (Å²) in [5.74, 6) is 2.35. The third-order valence-electron chi connectivity index (χ3n) is 4.37. The molecule has 1 unspecified atom stereocenters. The number of nitrogens with zero attached hydrogens (tertiary/aromatic N) is 3. The Kier molecular flexibility index (Phi) is 5.32. The summed E-state index contributed by atoms with van der Waals surface area (Å²) >= 11 is 0. The van der Waals surface area contributed by atoms with Crippen molar-refractivity contribution in [3.63, 3.8) is 0 Å². The second-order valence-corrected chi connectivity index (χ2v) is 7.22. The molecule has 1 aliphatic heterocycles. The van der Waals surface area contributed by atoms with Gasteiger partial charge in [0.1, 0.15) is 29.7 Å². The number of ether oxygens (including phenoxy) is 1. The van der Waals surface area contributed by atoms with Crippen LogP contribution in [0.2, 0.25) is 0 Å². The number of aliphatic imine (C=N–C) groups is 1. The molecule has 1 atom stereocenters. The molecular weight excluding hydrogens is 342 g/mol. The zero-order valence-corrected chi connectivity index (χ0v) is 16.5. The first-order chi connectivity index (χ1) is 12.8. The first-order valence-corrected chi connectivity index (χ1v) is 9.20. The van der Waals surface area contributed by atoms with Crippen LogP contribution in [0.5, 0.6) is 5.75 Å². The number of hydrogen-bond acceptors (Lipinski definition) is 4. The van der Waals surface area contributed by atoms with Crippen molar-refractivity contribution in [1.29, 1.82) is 5.41 Å². The van der Waals surface area contributed by atoms with Gasteiger partial charge in [0.05, 0.1) is 18.2 Å². The second kappa shape index (κ2) is 7.52. The molecule has 1 aromatic carbocycles. The maximum atomic E-state index is 10.1. The number of aliphatic hydroxyl groups is 1. The van der Waals surface area contributed by atoms with E-state index in [1.54, 1.807) is 13.8 Å². The molecule has 2 heterocycles. The van der Waals surface area contributed by atoms with Crippen molar-refractivity contribution in [1.82, 2.24) is 14.9 Å². The van der Waals surface area contributed by atoms with Gasteiger partial charge in [-0.25, -0.2) is 9.98 Å². The van der Waals surface area contributed by atoms with Gasteiger partial charge < -0.3 is 19.7 Å². The van der Waals surface area contributed by atoms with Crippen molar-refractivity contribution in [2.24, 2.45) is 4.99 Å². The Hall–Kier alpha value is -2.67. The van der Waals surface area contributed by atoms with E-state index in [-0.39, 0.29) is 11.9 Å². The Morgan fingerprint density at radius 1 is 1.37 bits per heavy atom. The largest absolute Gasteiger partial charge is 0.491 e.